The third kappa shape index (κ3) is 2.15. The molecule has 3 heteroatoms. The zero-order valence-electron chi connectivity index (χ0n) is 7.82. The van der Waals surface area contributed by atoms with Crippen molar-refractivity contribution in [1.29, 1.82) is 0 Å². The van der Waals surface area contributed by atoms with Crippen LogP contribution in [0.3, 0.4) is 0 Å². The van der Waals surface area contributed by atoms with E-state index >= 15 is 0 Å². The summed E-state index contributed by atoms with van der Waals surface area (Å²) in [6.07, 6.45) is 0. The van der Waals surface area contributed by atoms with Gasteiger partial charge in [0.2, 0.25) is 0 Å². The van der Waals surface area contributed by atoms with Crippen LogP contribution in [0.25, 0.3) is 0 Å². The minimum Gasteiger partial charge on any atom is -0.497 e. The normalized spacial score (nSPS) is 11.1. The molecular weight excluding hydrogens is 164 g/mol. The number of aliphatic imine (C=N–C) groups is 2. The molecule has 0 fully saturated rings. The highest BCUT2D eigenvalue weighted by Crippen LogP contribution is 2.12. The number of amidine groups is 1. The van der Waals surface area contributed by atoms with Crippen molar-refractivity contribution in [3.05, 3.63) is 29.8 Å². The SMILES string of the molecule is C=NC(=NC)c1ccc(OC)cc1. The first-order valence-electron chi connectivity index (χ1n) is 3.89. The topological polar surface area (TPSA) is 34.0 Å². The van der Waals surface area contributed by atoms with Gasteiger partial charge in [-0.05, 0) is 31.0 Å². The van der Waals surface area contributed by atoms with Gasteiger partial charge in [0.25, 0.3) is 0 Å². The first-order chi connectivity index (χ1) is 6.31. The minimum absolute atomic E-state index is 0.641. The molecule has 13 heavy (non-hydrogen) atoms. The van der Waals surface area contributed by atoms with Crippen molar-refractivity contribution < 1.29 is 4.74 Å². The van der Waals surface area contributed by atoms with E-state index in [2.05, 4.69) is 16.7 Å². The van der Waals surface area contributed by atoms with Gasteiger partial charge < -0.3 is 4.74 Å². The predicted octanol–water partition coefficient (Wildman–Crippen LogP) is 1.77. The van der Waals surface area contributed by atoms with Crippen LogP contribution in [0.4, 0.5) is 0 Å². The molecule has 0 atom stereocenters. The molecule has 1 aromatic carbocycles. The molecule has 0 spiro atoms. The fourth-order valence-electron chi connectivity index (χ4n) is 1.03. The second-order valence-electron chi connectivity index (χ2n) is 2.43. The molecule has 0 unspecified atom stereocenters. The second kappa shape index (κ2) is 4.40. The average molecular weight is 176 g/mol. The smallest absolute Gasteiger partial charge is 0.153 e. The molecule has 0 aliphatic carbocycles. The monoisotopic (exact) mass is 176 g/mol. The summed E-state index contributed by atoms with van der Waals surface area (Å²) < 4.78 is 5.03. The highest BCUT2D eigenvalue weighted by Gasteiger charge is 1.98. The highest BCUT2D eigenvalue weighted by molar-refractivity contribution is 6.01. The molecule has 1 aromatic rings. The van der Waals surface area contributed by atoms with Gasteiger partial charge in [-0.2, -0.15) is 0 Å². The van der Waals surface area contributed by atoms with Gasteiger partial charge in [-0.15, -0.1) is 0 Å². The Hall–Kier alpha value is -1.64. The summed E-state index contributed by atoms with van der Waals surface area (Å²) in [5, 5.41) is 0. The summed E-state index contributed by atoms with van der Waals surface area (Å²) in [5.41, 5.74) is 0.943. The average Bonchev–Trinajstić information content (AvgIpc) is 2.21. The van der Waals surface area contributed by atoms with Crippen molar-refractivity contribution in [3.8, 4) is 5.75 Å². The van der Waals surface area contributed by atoms with Crippen molar-refractivity contribution >= 4 is 12.6 Å². The fourth-order valence-corrected chi connectivity index (χ4v) is 1.03. The van der Waals surface area contributed by atoms with Crippen LogP contribution in [0.5, 0.6) is 5.75 Å². The third-order valence-electron chi connectivity index (χ3n) is 1.71. The number of methoxy groups -OCH3 is 1. The summed E-state index contributed by atoms with van der Waals surface area (Å²) in [4.78, 5) is 7.77. The van der Waals surface area contributed by atoms with Gasteiger partial charge in [0, 0.05) is 12.6 Å². The van der Waals surface area contributed by atoms with E-state index in [1.165, 1.54) is 0 Å². The number of rotatable bonds is 2. The van der Waals surface area contributed by atoms with Crippen molar-refractivity contribution in [3.63, 3.8) is 0 Å². The summed E-state index contributed by atoms with van der Waals surface area (Å²) in [7, 11) is 3.32. The van der Waals surface area contributed by atoms with E-state index in [0.29, 0.717) is 5.84 Å². The number of benzene rings is 1. The maximum absolute atomic E-state index is 5.03. The molecule has 3 nitrogen and oxygen atoms in total. The molecule has 68 valence electrons. The van der Waals surface area contributed by atoms with Crippen LogP contribution in [0.2, 0.25) is 0 Å². The number of ether oxygens (including phenoxy) is 1. The zero-order chi connectivity index (χ0) is 9.68. The zero-order valence-corrected chi connectivity index (χ0v) is 7.82. The predicted molar refractivity (Wildman–Crippen MR) is 55.0 cm³/mol. The summed E-state index contributed by atoms with van der Waals surface area (Å²) in [6, 6.07) is 7.53. The van der Waals surface area contributed by atoms with Crippen LogP contribution < -0.4 is 4.74 Å². The van der Waals surface area contributed by atoms with Gasteiger partial charge in [-0.25, -0.2) is 4.99 Å². The molecule has 0 aliphatic heterocycles. The lowest BCUT2D eigenvalue weighted by Gasteiger charge is -2.01. The first kappa shape index (κ1) is 9.45. The van der Waals surface area contributed by atoms with Crippen LogP contribution in [0.15, 0.2) is 34.3 Å². The lowest BCUT2D eigenvalue weighted by atomic mass is 10.2. The Morgan fingerprint density at radius 3 is 2.31 bits per heavy atom. The summed E-state index contributed by atoms with van der Waals surface area (Å²) >= 11 is 0. The van der Waals surface area contributed by atoms with E-state index < -0.39 is 0 Å². The Balaban J connectivity index is 2.97. The van der Waals surface area contributed by atoms with E-state index in [4.69, 9.17) is 4.74 Å². The summed E-state index contributed by atoms with van der Waals surface area (Å²) in [5.74, 6) is 1.46. The minimum atomic E-state index is 0.641. The molecule has 0 saturated heterocycles. The van der Waals surface area contributed by atoms with Crippen LogP contribution in [0.1, 0.15) is 5.56 Å². The lowest BCUT2D eigenvalue weighted by molar-refractivity contribution is 0.415. The molecular formula is C10H12N2O. The van der Waals surface area contributed by atoms with E-state index in [0.717, 1.165) is 11.3 Å². The van der Waals surface area contributed by atoms with Crippen molar-refractivity contribution in [2.75, 3.05) is 14.2 Å². The van der Waals surface area contributed by atoms with Crippen LogP contribution in [-0.4, -0.2) is 26.7 Å². The largest absolute Gasteiger partial charge is 0.497 e. The molecule has 0 N–H and O–H groups in total. The lowest BCUT2D eigenvalue weighted by Crippen LogP contribution is -1.95. The molecule has 0 radical (unpaired) electrons. The van der Waals surface area contributed by atoms with E-state index in [1.807, 2.05) is 24.3 Å². The quantitative estimate of drug-likeness (QED) is 0.499. The van der Waals surface area contributed by atoms with E-state index in [1.54, 1.807) is 14.2 Å². The van der Waals surface area contributed by atoms with Gasteiger partial charge >= 0.3 is 0 Å². The Bertz CT molecular complexity index is 314. The molecule has 0 bridgehead atoms. The van der Waals surface area contributed by atoms with Crippen LogP contribution >= 0.6 is 0 Å². The van der Waals surface area contributed by atoms with Crippen molar-refractivity contribution in [1.82, 2.24) is 0 Å². The number of nitrogens with zero attached hydrogens (tertiary/aromatic N) is 2. The Morgan fingerprint density at radius 2 is 1.92 bits per heavy atom. The Labute approximate surface area is 77.8 Å². The van der Waals surface area contributed by atoms with Gasteiger partial charge in [-0.1, -0.05) is 0 Å². The van der Waals surface area contributed by atoms with Crippen molar-refractivity contribution in [2.45, 2.75) is 0 Å². The molecule has 0 amide bonds. The molecule has 0 saturated carbocycles. The van der Waals surface area contributed by atoms with Gasteiger partial charge in [0.15, 0.2) is 5.84 Å². The Kier molecular flexibility index (Phi) is 3.20. The Morgan fingerprint density at radius 1 is 1.31 bits per heavy atom. The summed E-state index contributed by atoms with van der Waals surface area (Å²) in [6.45, 7) is 3.44. The van der Waals surface area contributed by atoms with Crippen LogP contribution in [-0.2, 0) is 0 Å². The van der Waals surface area contributed by atoms with Crippen LogP contribution in [0, 0.1) is 0 Å². The number of hydrogen-bond donors (Lipinski definition) is 0. The standard InChI is InChI=1S/C10H12N2O/c1-11-10(12-2)8-4-6-9(13-3)7-5-8/h4-7H,1H2,2-3H3. The highest BCUT2D eigenvalue weighted by atomic mass is 16.5. The van der Waals surface area contributed by atoms with E-state index in [-0.39, 0.29) is 0 Å². The molecule has 0 heterocycles. The second-order valence-corrected chi connectivity index (χ2v) is 2.43. The molecule has 0 aliphatic rings. The fraction of sp³-hybridized carbons (Fsp3) is 0.200. The number of hydrogen-bond acceptors (Lipinski definition) is 2. The maximum atomic E-state index is 5.03. The van der Waals surface area contributed by atoms with E-state index in [9.17, 15) is 0 Å². The van der Waals surface area contributed by atoms with Gasteiger partial charge in [-0.3, -0.25) is 4.99 Å². The maximum Gasteiger partial charge on any atom is 0.153 e. The third-order valence-corrected chi connectivity index (χ3v) is 1.71. The molecule has 1 rings (SSSR count). The first-order valence-corrected chi connectivity index (χ1v) is 3.89. The van der Waals surface area contributed by atoms with Gasteiger partial charge in [0.05, 0.1) is 7.11 Å². The van der Waals surface area contributed by atoms with Gasteiger partial charge in [0.1, 0.15) is 5.75 Å². The molecule has 0 aromatic heterocycles. The van der Waals surface area contributed by atoms with Crippen molar-refractivity contribution in [2.24, 2.45) is 9.98 Å².